The maximum Gasteiger partial charge on any atom is 0.308 e. The number of hydrogen-bond donors (Lipinski definition) is 0. The average Bonchev–Trinajstić information content (AvgIpc) is 2.60. The van der Waals surface area contributed by atoms with Crippen molar-refractivity contribution in [3.63, 3.8) is 0 Å². The lowest BCUT2D eigenvalue weighted by Gasteiger charge is -2.12. The highest BCUT2D eigenvalue weighted by atomic mass is 16.6. The molecule has 0 heterocycles. The van der Waals surface area contributed by atoms with Gasteiger partial charge < -0.3 is 23.7 Å². The van der Waals surface area contributed by atoms with Gasteiger partial charge in [0.1, 0.15) is 19.5 Å². The third-order valence-electron chi connectivity index (χ3n) is 2.77. The highest BCUT2D eigenvalue weighted by Gasteiger charge is 2.09. The highest BCUT2D eigenvalue weighted by Crippen LogP contribution is 2.28. The molecule has 0 radical (unpaired) electrons. The van der Waals surface area contributed by atoms with Gasteiger partial charge in [-0.15, -0.1) is 6.42 Å². The first-order chi connectivity index (χ1) is 12.2. The molecule has 0 aromatic heterocycles. The van der Waals surface area contributed by atoms with Gasteiger partial charge in [0.15, 0.2) is 11.5 Å². The van der Waals surface area contributed by atoms with E-state index in [1.807, 2.05) is 0 Å². The van der Waals surface area contributed by atoms with E-state index in [2.05, 4.69) is 5.92 Å². The predicted molar refractivity (Wildman–Crippen MR) is 89.9 cm³/mol. The first-order valence-corrected chi connectivity index (χ1v) is 7.74. The molecule has 7 heteroatoms. The van der Waals surface area contributed by atoms with Gasteiger partial charge in [-0.05, 0) is 18.2 Å². The molecular formula is C18H22O7. The summed E-state index contributed by atoms with van der Waals surface area (Å²) in [4.78, 5) is 21.9. The molecule has 7 nitrogen and oxygen atoms in total. The van der Waals surface area contributed by atoms with E-state index in [-0.39, 0.29) is 19.0 Å². The molecule has 1 aromatic rings. The van der Waals surface area contributed by atoms with E-state index in [0.717, 1.165) is 0 Å². The fraction of sp³-hybridized carbons (Fsp3) is 0.444. The summed E-state index contributed by atoms with van der Waals surface area (Å²) in [5, 5.41) is 0. The van der Waals surface area contributed by atoms with Crippen LogP contribution in [0.2, 0.25) is 0 Å². The quantitative estimate of drug-likeness (QED) is 0.175. The molecule has 0 unspecified atom stereocenters. The van der Waals surface area contributed by atoms with Gasteiger partial charge in [-0.1, -0.05) is 5.92 Å². The first-order valence-electron chi connectivity index (χ1n) is 7.74. The fourth-order valence-electron chi connectivity index (χ4n) is 1.73. The summed E-state index contributed by atoms with van der Waals surface area (Å²) in [5.41, 5.74) is 0.423. The molecule has 0 fully saturated rings. The second kappa shape index (κ2) is 13.0. The zero-order chi connectivity index (χ0) is 18.3. The summed E-state index contributed by atoms with van der Waals surface area (Å²) in [5.74, 6) is 2.46. The Hall–Kier alpha value is -2.40. The molecule has 1 aromatic carbocycles. The SMILES string of the molecule is C#CCOCCOCCOCCOc1cc(C=O)ccc1OC(C)=O. The van der Waals surface area contributed by atoms with E-state index in [1.165, 1.54) is 19.1 Å². The van der Waals surface area contributed by atoms with Crippen molar-refractivity contribution in [2.24, 2.45) is 0 Å². The molecule has 0 aliphatic rings. The molecule has 0 aliphatic carbocycles. The molecule has 25 heavy (non-hydrogen) atoms. The van der Waals surface area contributed by atoms with E-state index in [0.29, 0.717) is 50.6 Å². The molecule has 0 aliphatic heterocycles. The van der Waals surface area contributed by atoms with Gasteiger partial charge in [0.2, 0.25) is 0 Å². The van der Waals surface area contributed by atoms with E-state index in [9.17, 15) is 9.59 Å². The predicted octanol–water partition coefficient (Wildman–Crippen LogP) is 1.49. The normalized spacial score (nSPS) is 10.1. The second-order valence-electron chi connectivity index (χ2n) is 4.75. The molecule has 1 rings (SSSR count). The molecule has 0 N–H and O–H groups in total. The minimum absolute atomic E-state index is 0.238. The number of aldehydes is 1. The average molecular weight is 350 g/mol. The summed E-state index contributed by atoms with van der Waals surface area (Å²) in [6.07, 6.45) is 5.73. The zero-order valence-electron chi connectivity index (χ0n) is 14.2. The van der Waals surface area contributed by atoms with Crippen molar-refractivity contribution in [3.05, 3.63) is 23.8 Å². The molecule has 0 bridgehead atoms. The van der Waals surface area contributed by atoms with Crippen LogP contribution in [0, 0.1) is 12.3 Å². The third-order valence-corrected chi connectivity index (χ3v) is 2.77. The number of carbonyl (C=O) groups excluding carboxylic acids is 2. The lowest BCUT2D eigenvalue weighted by atomic mass is 10.2. The van der Waals surface area contributed by atoms with Gasteiger partial charge in [0.25, 0.3) is 0 Å². The summed E-state index contributed by atoms with van der Waals surface area (Å²) in [6, 6.07) is 4.56. The van der Waals surface area contributed by atoms with Crippen LogP contribution >= 0.6 is 0 Å². The molecule has 0 saturated carbocycles. The maximum absolute atomic E-state index is 11.1. The largest absolute Gasteiger partial charge is 0.487 e. The van der Waals surface area contributed by atoms with Crippen LogP contribution in [-0.2, 0) is 19.0 Å². The van der Waals surface area contributed by atoms with Crippen LogP contribution < -0.4 is 9.47 Å². The number of hydrogen-bond acceptors (Lipinski definition) is 7. The Labute approximate surface area is 147 Å². The smallest absolute Gasteiger partial charge is 0.308 e. The van der Waals surface area contributed by atoms with E-state index >= 15 is 0 Å². The molecule has 136 valence electrons. The van der Waals surface area contributed by atoms with Crippen molar-refractivity contribution >= 4 is 12.3 Å². The summed E-state index contributed by atoms with van der Waals surface area (Å²) >= 11 is 0. The van der Waals surface area contributed by atoms with Crippen LogP contribution in [-0.4, -0.2) is 58.5 Å². The van der Waals surface area contributed by atoms with E-state index < -0.39 is 5.97 Å². The summed E-state index contributed by atoms with van der Waals surface area (Å²) in [7, 11) is 0. The topological polar surface area (TPSA) is 80.3 Å². The zero-order valence-corrected chi connectivity index (χ0v) is 14.2. The standard InChI is InChI=1S/C18H22O7/c1-3-6-21-7-8-22-9-10-23-11-12-24-18-13-16(14-19)4-5-17(18)25-15(2)20/h1,4-5,13-14H,6-12H2,2H3. The first kappa shape index (κ1) is 20.6. The fourth-order valence-corrected chi connectivity index (χ4v) is 1.73. The van der Waals surface area contributed by atoms with E-state index in [1.54, 1.807) is 6.07 Å². The van der Waals surface area contributed by atoms with Crippen molar-refractivity contribution in [1.29, 1.82) is 0 Å². The van der Waals surface area contributed by atoms with Crippen LogP contribution in [0.15, 0.2) is 18.2 Å². The number of carbonyl (C=O) groups is 2. The number of benzene rings is 1. The Morgan fingerprint density at radius 1 is 1.04 bits per heavy atom. The van der Waals surface area contributed by atoms with Crippen LogP contribution in [0.3, 0.4) is 0 Å². The molecule has 0 atom stereocenters. The van der Waals surface area contributed by atoms with Crippen molar-refractivity contribution in [2.75, 3.05) is 46.2 Å². The summed E-state index contributed by atoms with van der Waals surface area (Å²) in [6.45, 7) is 3.85. The number of terminal acetylenes is 1. The maximum atomic E-state index is 11.1. The van der Waals surface area contributed by atoms with Gasteiger partial charge in [0, 0.05) is 12.5 Å². The molecule has 0 amide bonds. The number of rotatable bonds is 13. The lowest BCUT2D eigenvalue weighted by Crippen LogP contribution is -2.13. The van der Waals surface area contributed by atoms with Crippen LogP contribution in [0.4, 0.5) is 0 Å². The highest BCUT2D eigenvalue weighted by molar-refractivity contribution is 5.77. The molecule has 0 spiro atoms. The minimum Gasteiger partial charge on any atom is -0.487 e. The summed E-state index contributed by atoms with van der Waals surface area (Å²) < 4.78 is 26.2. The Kier molecular flexibility index (Phi) is 10.7. The Bertz CT molecular complexity index is 577. The second-order valence-corrected chi connectivity index (χ2v) is 4.75. The number of esters is 1. The Balaban J connectivity index is 2.21. The van der Waals surface area contributed by atoms with Gasteiger partial charge in [-0.25, -0.2) is 0 Å². The lowest BCUT2D eigenvalue weighted by molar-refractivity contribution is -0.132. The van der Waals surface area contributed by atoms with Crippen LogP contribution in [0.5, 0.6) is 11.5 Å². The Morgan fingerprint density at radius 3 is 2.28 bits per heavy atom. The van der Waals surface area contributed by atoms with Crippen LogP contribution in [0.1, 0.15) is 17.3 Å². The van der Waals surface area contributed by atoms with Gasteiger partial charge in [-0.3, -0.25) is 9.59 Å². The van der Waals surface area contributed by atoms with Crippen LogP contribution in [0.25, 0.3) is 0 Å². The van der Waals surface area contributed by atoms with Gasteiger partial charge >= 0.3 is 5.97 Å². The molecular weight excluding hydrogens is 328 g/mol. The third kappa shape index (κ3) is 9.47. The van der Waals surface area contributed by atoms with Gasteiger partial charge in [0.05, 0.1) is 33.0 Å². The van der Waals surface area contributed by atoms with Crippen molar-refractivity contribution in [3.8, 4) is 23.8 Å². The van der Waals surface area contributed by atoms with Gasteiger partial charge in [-0.2, -0.15) is 0 Å². The monoisotopic (exact) mass is 350 g/mol. The van der Waals surface area contributed by atoms with Crippen molar-refractivity contribution < 1.29 is 33.3 Å². The van der Waals surface area contributed by atoms with Crippen molar-refractivity contribution in [1.82, 2.24) is 0 Å². The number of ether oxygens (including phenoxy) is 5. The molecule has 0 saturated heterocycles. The minimum atomic E-state index is -0.469. The van der Waals surface area contributed by atoms with E-state index in [4.69, 9.17) is 30.1 Å². The van der Waals surface area contributed by atoms with Crippen molar-refractivity contribution in [2.45, 2.75) is 6.92 Å². The Morgan fingerprint density at radius 2 is 1.68 bits per heavy atom.